The lowest BCUT2D eigenvalue weighted by molar-refractivity contribution is -0.225. The number of hydrogen-bond donors (Lipinski definition) is 1. The first kappa shape index (κ1) is 98.1. The molecule has 0 aromatic carbocycles. The summed E-state index contributed by atoms with van der Waals surface area (Å²) >= 11 is 0. The maximum atomic E-state index is 13.4. The van der Waals surface area contributed by atoms with Crippen molar-refractivity contribution >= 4 is 65.7 Å². The van der Waals surface area contributed by atoms with Gasteiger partial charge in [-0.3, -0.25) is 52.7 Å². The van der Waals surface area contributed by atoms with Crippen LogP contribution in [0.5, 0.6) is 0 Å². The van der Waals surface area contributed by atoms with Gasteiger partial charge in [-0.2, -0.15) is 0 Å². The molecule has 17 saturated carbocycles. The third kappa shape index (κ3) is 17.9. The molecular formula is C104H160O24. The summed E-state index contributed by atoms with van der Waals surface area (Å²) in [7, 11) is 0. The van der Waals surface area contributed by atoms with E-state index in [4.69, 9.17) is 56.8 Å². The number of fused-ring (bicyclic) bond motifs is 3. The molecule has 18 unspecified atom stereocenters. The van der Waals surface area contributed by atoms with Gasteiger partial charge in [-0.05, 0) is 338 Å². The van der Waals surface area contributed by atoms with Crippen molar-refractivity contribution < 1.29 is 115 Å². The summed E-state index contributed by atoms with van der Waals surface area (Å²) in [5.41, 5.74) is -8.20. The van der Waals surface area contributed by atoms with Crippen LogP contribution in [0.4, 0.5) is 0 Å². The zero-order valence-corrected chi connectivity index (χ0v) is 81.8. The van der Waals surface area contributed by atoms with Crippen molar-refractivity contribution in [3.05, 3.63) is 0 Å². The van der Waals surface area contributed by atoms with Crippen molar-refractivity contribution in [1.29, 1.82) is 0 Å². The minimum atomic E-state index is -1.28. The molecule has 0 radical (unpaired) electrons. The van der Waals surface area contributed by atoms with Gasteiger partial charge in [0.2, 0.25) is 0 Å². The molecule has 17 aliphatic carbocycles. The molecule has 720 valence electrons. The van der Waals surface area contributed by atoms with E-state index in [0.29, 0.717) is 82.0 Å². The van der Waals surface area contributed by atoms with Gasteiger partial charge in [0.15, 0.2) is 22.5 Å². The van der Waals surface area contributed by atoms with Gasteiger partial charge >= 0.3 is 65.7 Å². The minimum absolute atomic E-state index is 0.00857. The standard InChI is InChI=1S/C24H36O6.C23H34O7.C22H32O6.C19H32O2.C16H26O3/c1-6-22(2,3)19(25)28-17-14-12-16-18(17)29-20(26)24(16,13-14)21(27)30-23(4,5)15-10-8-7-9-11-15;1-5-22(3,4)19(24)29-17-14-11-16-18(17)30-21(26)23(16,12-14)20(25)28-13(2)27-15-9-7-6-8-10-15;1-5-20(3,4)17(23)26-15-13-11-14-16(15)27-18(24)22(14,12-13)19(25)28-21(6-2)9-7-8-10-21;1-6-17(2,3)16(20)21-18(4,5)19-10-13-7-14(11-19)9-15(8-13)12-19;1-4-14(2,3)13(17)19-16-8-11-5-12(9-16)7-15(18,6-11)10-16/h14-18H,6-13H2,1-5H3;13-18H,5-12H2,1-4H3;13-16H,5-12H2,1-4H3;13-15H,6-12H2,1-5H3;11-12,18H,4-10H2,1-3H3. The average Bonchev–Trinajstić information content (AvgIpc) is 1.54. The van der Waals surface area contributed by atoms with Crippen LogP contribution in [0.3, 0.4) is 0 Å². The van der Waals surface area contributed by atoms with Crippen LogP contribution in [0, 0.1) is 120 Å². The summed E-state index contributed by atoms with van der Waals surface area (Å²) in [5, 5.41) is 10.6. The molecule has 128 heavy (non-hydrogen) atoms. The number of ether oxygens (including phenoxy) is 12. The highest BCUT2D eigenvalue weighted by molar-refractivity contribution is 6.05. The van der Waals surface area contributed by atoms with Crippen LogP contribution in [-0.2, 0) is 110 Å². The lowest BCUT2D eigenvalue weighted by atomic mass is 9.46. The Balaban J connectivity index is 0.000000131. The van der Waals surface area contributed by atoms with Gasteiger partial charge in [0, 0.05) is 47.3 Å². The summed E-state index contributed by atoms with van der Waals surface area (Å²) in [6, 6.07) is 0. The lowest BCUT2D eigenvalue weighted by Gasteiger charge is -2.61. The van der Waals surface area contributed by atoms with Crippen molar-refractivity contribution in [2.45, 2.75) is 466 Å². The summed E-state index contributed by atoms with van der Waals surface area (Å²) < 4.78 is 70.0. The fourth-order valence-electron chi connectivity index (χ4n) is 27.6. The molecule has 24 nitrogen and oxygen atoms in total. The highest BCUT2D eigenvalue weighted by Crippen LogP contribution is 2.69. The van der Waals surface area contributed by atoms with E-state index in [2.05, 4.69) is 20.8 Å². The summed E-state index contributed by atoms with van der Waals surface area (Å²) in [6.07, 6.45) is 32.6. The molecule has 18 atom stereocenters. The predicted octanol–water partition coefficient (Wildman–Crippen LogP) is 19.3. The second-order valence-electron chi connectivity index (χ2n) is 48.4. The molecule has 14 bridgehead atoms. The van der Waals surface area contributed by atoms with Gasteiger partial charge in [-0.15, -0.1) is 0 Å². The van der Waals surface area contributed by atoms with Gasteiger partial charge in [-0.1, -0.05) is 80.1 Å². The van der Waals surface area contributed by atoms with E-state index >= 15 is 0 Å². The number of aliphatic hydroxyl groups is 1. The quantitative estimate of drug-likeness (QED) is 0.0364. The first-order valence-electron chi connectivity index (χ1n) is 50.6. The number of hydrogen-bond acceptors (Lipinski definition) is 24. The van der Waals surface area contributed by atoms with Gasteiger partial charge < -0.3 is 61.9 Å². The largest absolute Gasteiger partial charge is 0.459 e. The zero-order valence-electron chi connectivity index (χ0n) is 81.8. The second kappa shape index (κ2) is 35.7. The molecule has 1 N–H and O–H groups in total. The molecule has 20 rings (SSSR count). The molecule has 0 spiro atoms. The Morgan fingerprint density at radius 2 is 0.773 bits per heavy atom. The van der Waals surface area contributed by atoms with Crippen molar-refractivity contribution in [1.82, 2.24) is 0 Å². The first-order valence-corrected chi connectivity index (χ1v) is 50.6. The maximum Gasteiger partial charge on any atom is 0.326 e. The van der Waals surface area contributed by atoms with E-state index in [9.17, 15) is 57.8 Å². The number of carbonyl (C=O) groups excluding carboxylic acids is 11. The fourth-order valence-corrected chi connectivity index (χ4v) is 27.6. The van der Waals surface area contributed by atoms with Gasteiger partial charge in [0.1, 0.15) is 59.0 Å². The smallest absolute Gasteiger partial charge is 0.326 e. The minimum Gasteiger partial charge on any atom is -0.459 e. The van der Waals surface area contributed by atoms with Crippen LogP contribution in [-0.4, -0.2) is 148 Å². The van der Waals surface area contributed by atoms with E-state index in [1.807, 2.05) is 118 Å². The van der Waals surface area contributed by atoms with Crippen LogP contribution in [0.15, 0.2) is 0 Å². The molecule has 20 fully saturated rings. The SMILES string of the molecule is CCC(C)(C)C(=O)OC(C)(C)C12CC3CC(CC(C3)C1)C2.CCC(C)(C)C(=O)OC12CC3CC(CC(O)(C3)C1)C2.CCC(C)(C)C(=O)OC1C2CC3C1OC(=O)C3(C(=O)OC(C)(C)C1CCCCC1)C2.CCC(C)(C)C(=O)OC1C2CC3C1OC(=O)C3(C(=O)OC(C)OC1CCCCC1)C2.CCC1(OC(=O)C23CC4CC2C(OC3=O)C4OC(=O)C(C)(C)CC)CCCC1. The van der Waals surface area contributed by atoms with Crippen LogP contribution in [0.25, 0.3) is 0 Å². The molecule has 24 heteroatoms. The average molecular weight is 1790 g/mol. The molecule has 0 aromatic heterocycles. The third-order valence-electron chi connectivity index (χ3n) is 37.3. The Kier molecular flexibility index (Phi) is 27.4. The summed E-state index contributed by atoms with van der Waals surface area (Å²) in [6.45, 7) is 41.0. The Hall–Kier alpha value is -5.91. The molecule has 3 aliphatic heterocycles. The van der Waals surface area contributed by atoms with Crippen molar-refractivity contribution in [2.75, 3.05) is 0 Å². The Morgan fingerprint density at radius 1 is 0.406 bits per heavy atom. The van der Waals surface area contributed by atoms with Gasteiger partial charge in [-0.25, -0.2) is 0 Å². The molecule has 20 aliphatic rings. The third-order valence-corrected chi connectivity index (χ3v) is 37.3. The number of esters is 11. The van der Waals surface area contributed by atoms with Gasteiger partial charge in [0.05, 0.1) is 38.8 Å². The zero-order chi connectivity index (χ0) is 93.3. The first-order chi connectivity index (χ1) is 59.8. The highest BCUT2D eigenvalue weighted by Gasteiger charge is 2.79. The van der Waals surface area contributed by atoms with E-state index in [1.54, 1.807) is 6.92 Å². The molecule has 0 aromatic rings. The predicted molar refractivity (Wildman–Crippen MR) is 473 cm³/mol. The maximum absolute atomic E-state index is 13.4. The molecule has 3 saturated heterocycles. The van der Waals surface area contributed by atoms with E-state index in [1.165, 1.54) is 57.8 Å². The highest BCUT2D eigenvalue weighted by atomic mass is 16.7. The van der Waals surface area contributed by atoms with E-state index in [0.717, 1.165) is 140 Å². The number of rotatable bonds is 26. The van der Waals surface area contributed by atoms with E-state index in [-0.39, 0.29) is 93.5 Å². The number of carbonyl (C=O) groups is 11. The fraction of sp³-hybridized carbons (Fsp3) is 0.894. The van der Waals surface area contributed by atoms with Crippen molar-refractivity contribution in [3.8, 4) is 0 Å². The van der Waals surface area contributed by atoms with Gasteiger partial charge in [0.25, 0.3) is 0 Å². The van der Waals surface area contributed by atoms with Crippen LogP contribution in [0.1, 0.15) is 389 Å². The normalized spacial score (nSPS) is 38.2. The monoisotopic (exact) mass is 1790 g/mol. The second-order valence-corrected chi connectivity index (χ2v) is 48.4. The van der Waals surface area contributed by atoms with Crippen LogP contribution < -0.4 is 0 Å². The summed E-state index contributed by atoms with van der Waals surface area (Å²) in [4.78, 5) is 141. The molecule has 3 heterocycles. The molecule has 0 amide bonds. The Labute approximate surface area is 762 Å². The topological polar surface area (TPSA) is 319 Å². The van der Waals surface area contributed by atoms with Crippen molar-refractivity contribution in [3.63, 3.8) is 0 Å². The van der Waals surface area contributed by atoms with Crippen LogP contribution in [0.2, 0.25) is 0 Å². The summed E-state index contributed by atoms with van der Waals surface area (Å²) in [5.74, 6) is -0.591. The van der Waals surface area contributed by atoms with Crippen LogP contribution >= 0.6 is 0 Å². The lowest BCUT2D eigenvalue weighted by Crippen LogP contribution is -2.61. The Bertz CT molecular complexity index is 4110. The van der Waals surface area contributed by atoms with E-state index < -0.39 is 133 Å². The molecular weight excluding hydrogens is 1630 g/mol. The Morgan fingerprint density at radius 3 is 1.16 bits per heavy atom. The van der Waals surface area contributed by atoms with Crippen molar-refractivity contribution in [2.24, 2.45) is 120 Å².